The zero-order valence-corrected chi connectivity index (χ0v) is 14.1. The maximum atomic E-state index is 12.3. The molecule has 1 saturated carbocycles. The number of carbonyl (C=O) groups excluding carboxylic acids is 2. The van der Waals surface area contributed by atoms with Gasteiger partial charge in [0.25, 0.3) is 5.91 Å². The van der Waals surface area contributed by atoms with Gasteiger partial charge in [0, 0.05) is 23.6 Å². The molecule has 130 valence electrons. The molecular weight excluding hydrogens is 318 g/mol. The average molecular weight is 339 g/mol. The molecule has 0 aliphatic heterocycles. The topological polar surface area (TPSA) is 80.3 Å². The van der Waals surface area contributed by atoms with Crippen LogP contribution in [0.3, 0.4) is 0 Å². The van der Waals surface area contributed by atoms with Crippen molar-refractivity contribution in [3.8, 4) is 0 Å². The first-order chi connectivity index (χ1) is 12.2. The lowest BCUT2D eigenvalue weighted by molar-refractivity contribution is 0.0600. The Kier molecular flexibility index (Phi) is 5.28. The van der Waals surface area contributed by atoms with E-state index < -0.39 is 5.97 Å². The summed E-state index contributed by atoms with van der Waals surface area (Å²) in [6.45, 7) is 0. The lowest BCUT2D eigenvalue weighted by Crippen LogP contribution is -2.33. The molecule has 1 fully saturated rings. The number of hydrogen-bond donors (Lipinski definition) is 2. The number of amides is 1. The number of nitrogens with one attached hydrogen (secondary N) is 2. The molecule has 0 atom stereocenters. The van der Waals surface area contributed by atoms with Gasteiger partial charge in [-0.15, -0.1) is 0 Å². The minimum Gasteiger partial charge on any atom is -0.465 e. The van der Waals surface area contributed by atoms with Gasteiger partial charge in [0.1, 0.15) is 5.69 Å². The molecule has 1 aromatic carbocycles. The van der Waals surface area contributed by atoms with Crippen LogP contribution >= 0.6 is 0 Å². The quantitative estimate of drug-likeness (QED) is 0.817. The second-order valence-corrected chi connectivity index (χ2v) is 6.08. The fourth-order valence-corrected chi connectivity index (χ4v) is 2.97. The zero-order chi connectivity index (χ0) is 17.6. The molecule has 1 aliphatic carbocycles. The van der Waals surface area contributed by atoms with Crippen molar-refractivity contribution in [1.82, 2.24) is 10.3 Å². The Morgan fingerprint density at radius 1 is 1.12 bits per heavy atom. The van der Waals surface area contributed by atoms with E-state index in [-0.39, 0.29) is 11.9 Å². The van der Waals surface area contributed by atoms with Gasteiger partial charge in [-0.1, -0.05) is 18.9 Å². The lowest BCUT2D eigenvalue weighted by atomic mass is 10.2. The Morgan fingerprint density at radius 2 is 1.88 bits per heavy atom. The molecule has 1 aliphatic rings. The third-order valence-corrected chi connectivity index (χ3v) is 4.26. The third-order valence-electron chi connectivity index (χ3n) is 4.26. The van der Waals surface area contributed by atoms with Crippen LogP contribution in [0.2, 0.25) is 0 Å². The van der Waals surface area contributed by atoms with Gasteiger partial charge in [-0.2, -0.15) is 0 Å². The first-order valence-corrected chi connectivity index (χ1v) is 8.38. The number of hydrogen-bond acceptors (Lipinski definition) is 5. The summed E-state index contributed by atoms with van der Waals surface area (Å²) >= 11 is 0. The molecule has 1 heterocycles. The van der Waals surface area contributed by atoms with Crippen LogP contribution in [0.4, 0.5) is 11.4 Å². The molecule has 0 bridgehead atoms. The van der Waals surface area contributed by atoms with Crippen LogP contribution in [-0.4, -0.2) is 30.0 Å². The van der Waals surface area contributed by atoms with Crippen molar-refractivity contribution >= 4 is 23.3 Å². The molecule has 0 unspecified atom stereocenters. The van der Waals surface area contributed by atoms with Crippen LogP contribution in [-0.2, 0) is 4.74 Å². The van der Waals surface area contributed by atoms with E-state index in [0.29, 0.717) is 11.3 Å². The molecule has 1 aromatic heterocycles. The minimum absolute atomic E-state index is 0.154. The van der Waals surface area contributed by atoms with Crippen LogP contribution in [0, 0.1) is 0 Å². The number of pyridine rings is 1. The van der Waals surface area contributed by atoms with E-state index in [2.05, 4.69) is 15.6 Å². The number of carbonyl (C=O) groups is 2. The lowest BCUT2D eigenvalue weighted by Gasteiger charge is -2.12. The Balaban J connectivity index is 1.71. The van der Waals surface area contributed by atoms with Gasteiger partial charge in [-0.05, 0) is 43.2 Å². The second kappa shape index (κ2) is 7.79. The number of anilines is 2. The van der Waals surface area contributed by atoms with E-state index in [1.807, 2.05) is 6.07 Å². The van der Waals surface area contributed by atoms with Gasteiger partial charge < -0.3 is 15.4 Å². The number of rotatable bonds is 5. The molecule has 1 amide bonds. The Morgan fingerprint density at radius 3 is 2.64 bits per heavy atom. The average Bonchev–Trinajstić information content (AvgIpc) is 3.14. The van der Waals surface area contributed by atoms with Crippen molar-refractivity contribution in [2.45, 2.75) is 31.7 Å². The van der Waals surface area contributed by atoms with E-state index >= 15 is 0 Å². The van der Waals surface area contributed by atoms with Crippen molar-refractivity contribution in [3.63, 3.8) is 0 Å². The number of nitrogens with zero attached hydrogens (tertiary/aromatic N) is 1. The van der Waals surface area contributed by atoms with Gasteiger partial charge in [0.15, 0.2) is 0 Å². The fourth-order valence-electron chi connectivity index (χ4n) is 2.97. The summed E-state index contributed by atoms with van der Waals surface area (Å²) in [5.74, 6) is -0.547. The van der Waals surface area contributed by atoms with Crippen LogP contribution < -0.4 is 10.6 Å². The fraction of sp³-hybridized carbons (Fsp3) is 0.316. The van der Waals surface area contributed by atoms with Gasteiger partial charge >= 0.3 is 5.97 Å². The predicted molar refractivity (Wildman–Crippen MR) is 95.0 cm³/mol. The van der Waals surface area contributed by atoms with Crippen LogP contribution in [0.5, 0.6) is 0 Å². The van der Waals surface area contributed by atoms with E-state index in [0.717, 1.165) is 37.1 Å². The van der Waals surface area contributed by atoms with Crippen molar-refractivity contribution in [2.75, 3.05) is 12.4 Å². The summed E-state index contributed by atoms with van der Waals surface area (Å²) in [4.78, 5) is 28.1. The van der Waals surface area contributed by atoms with E-state index in [4.69, 9.17) is 4.74 Å². The standard InChI is InChI=1S/C19H21N3O3/c1-25-19(24)13-5-4-8-15(11-13)21-16-9-10-20-17(12-16)18(23)22-14-6-2-3-7-14/h4-5,8-12,14H,2-3,6-7H2,1H3,(H,20,21)(H,22,23). The van der Waals surface area contributed by atoms with Gasteiger partial charge in [-0.25, -0.2) is 4.79 Å². The van der Waals surface area contributed by atoms with Crippen molar-refractivity contribution < 1.29 is 14.3 Å². The molecule has 2 aromatic rings. The summed E-state index contributed by atoms with van der Waals surface area (Å²) in [6, 6.07) is 10.7. The van der Waals surface area contributed by atoms with Crippen molar-refractivity contribution in [2.24, 2.45) is 0 Å². The maximum absolute atomic E-state index is 12.3. The van der Waals surface area contributed by atoms with Crippen LogP contribution in [0.1, 0.15) is 46.5 Å². The summed E-state index contributed by atoms with van der Waals surface area (Å²) in [5.41, 5.74) is 2.30. The minimum atomic E-state index is -0.394. The van der Waals surface area contributed by atoms with Gasteiger partial charge in [0.2, 0.25) is 0 Å². The monoisotopic (exact) mass is 339 g/mol. The predicted octanol–water partition coefficient (Wildman–Crippen LogP) is 3.28. The SMILES string of the molecule is COC(=O)c1cccc(Nc2ccnc(C(=O)NC3CCCC3)c2)c1. The largest absolute Gasteiger partial charge is 0.465 e. The highest BCUT2D eigenvalue weighted by Crippen LogP contribution is 2.20. The highest BCUT2D eigenvalue weighted by atomic mass is 16.5. The van der Waals surface area contributed by atoms with Crippen molar-refractivity contribution in [3.05, 3.63) is 53.9 Å². The number of benzene rings is 1. The number of ether oxygens (including phenoxy) is 1. The first kappa shape index (κ1) is 17.0. The van der Waals surface area contributed by atoms with Crippen molar-refractivity contribution in [1.29, 1.82) is 0 Å². The Hall–Kier alpha value is -2.89. The second-order valence-electron chi connectivity index (χ2n) is 6.08. The molecule has 25 heavy (non-hydrogen) atoms. The molecule has 0 radical (unpaired) electrons. The normalized spacial score (nSPS) is 14.1. The molecule has 0 saturated heterocycles. The maximum Gasteiger partial charge on any atom is 0.337 e. The Labute approximate surface area is 146 Å². The zero-order valence-electron chi connectivity index (χ0n) is 14.1. The van der Waals surface area contributed by atoms with Gasteiger partial charge in [0.05, 0.1) is 12.7 Å². The Bertz CT molecular complexity index is 770. The molecule has 0 spiro atoms. The highest BCUT2D eigenvalue weighted by molar-refractivity contribution is 5.93. The molecule has 3 rings (SSSR count). The summed E-state index contributed by atoms with van der Waals surface area (Å²) in [7, 11) is 1.35. The summed E-state index contributed by atoms with van der Waals surface area (Å²) in [5, 5.41) is 6.21. The van der Waals surface area contributed by atoms with E-state index in [1.54, 1.807) is 36.5 Å². The number of methoxy groups -OCH3 is 1. The van der Waals surface area contributed by atoms with Crippen LogP contribution in [0.15, 0.2) is 42.6 Å². The van der Waals surface area contributed by atoms with Gasteiger partial charge in [-0.3, -0.25) is 9.78 Å². The van der Waals surface area contributed by atoms with Crippen LogP contribution in [0.25, 0.3) is 0 Å². The third kappa shape index (κ3) is 4.35. The molecular formula is C19H21N3O3. The van der Waals surface area contributed by atoms with E-state index in [9.17, 15) is 9.59 Å². The highest BCUT2D eigenvalue weighted by Gasteiger charge is 2.18. The number of esters is 1. The smallest absolute Gasteiger partial charge is 0.337 e. The molecule has 6 nitrogen and oxygen atoms in total. The molecule has 2 N–H and O–H groups in total. The number of aromatic nitrogens is 1. The summed E-state index contributed by atoms with van der Waals surface area (Å²) in [6.07, 6.45) is 5.98. The first-order valence-electron chi connectivity index (χ1n) is 8.38. The molecule has 6 heteroatoms. The van der Waals surface area contributed by atoms with E-state index in [1.165, 1.54) is 7.11 Å². The summed E-state index contributed by atoms with van der Waals surface area (Å²) < 4.78 is 4.73.